The van der Waals surface area contributed by atoms with E-state index in [2.05, 4.69) is 10.4 Å². The number of nitrogens with zero attached hydrogens (tertiary/aromatic N) is 2. The number of anilines is 1. The molecule has 0 aliphatic heterocycles. The minimum absolute atomic E-state index is 0.0429. The first-order valence-electron chi connectivity index (χ1n) is 5.87. The number of hydrogen-bond acceptors (Lipinski definition) is 4. The van der Waals surface area contributed by atoms with Crippen molar-refractivity contribution in [3.05, 3.63) is 11.9 Å². The van der Waals surface area contributed by atoms with E-state index in [0.717, 1.165) is 6.42 Å². The number of carbonyl (C=O) groups is 1. The van der Waals surface area contributed by atoms with E-state index in [4.69, 9.17) is 10.8 Å². The van der Waals surface area contributed by atoms with Crippen molar-refractivity contribution in [1.82, 2.24) is 15.1 Å². The van der Waals surface area contributed by atoms with Crippen molar-refractivity contribution in [1.29, 1.82) is 0 Å². The zero-order valence-corrected chi connectivity index (χ0v) is 10.3. The number of amides is 1. The molecule has 1 aromatic heterocycles. The zero-order chi connectivity index (χ0) is 12.8. The molecule has 0 aliphatic rings. The minimum Gasteiger partial charge on any atom is -0.396 e. The van der Waals surface area contributed by atoms with Crippen LogP contribution in [0.5, 0.6) is 0 Å². The van der Waals surface area contributed by atoms with Gasteiger partial charge in [0.2, 0.25) is 0 Å². The number of aliphatic hydroxyl groups is 1. The van der Waals surface area contributed by atoms with Crippen LogP contribution in [-0.2, 0) is 6.54 Å². The summed E-state index contributed by atoms with van der Waals surface area (Å²) < 4.78 is 1.62. The van der Waals surface area contributed by atoms with Crippen molar-refractivity contribution >= 4 is 11.6 Å². The second kappa shape index (κ2) is 6.24. The van der Waals surface area contributed by atoms with Crippen LogP contribution in [0.25, 0.3) is 0 Å². The Hall–Kier alpha value is -1.56. The van der Waals surface area contributed by atoms with Crippen molar-refractivity contribution < 1.29 is 9.90 Å². The highest BCUT2D eigenvalue weighted by atomic mass is 16.3. The van der Waals surface area contributed by atoms with Crippen LogP contribution in [0.3, 0.4) is 0 Å². The van der Waals surface area contributed by atoms with Crippen LogP contribution in [0, 0.1) is 0 Å². The summed E-state index contributed by atoms with van der Waals surface area (Å²) in [5.41, 5.74) is 6.35. The van der Waals surface area contributed by atoms with Crippen LogP contribution in [0.1, 0.15) is 37.2 Å². The molecule has 96 valence electrons. The average molecular weight is 240 g/mol. The molecular weight excluding hydrogens is 220 g/mol. The van der Waals surface area contributed by atoms with Gasteiger partial charge in [0.1, 0.15) is 0 Å². The van der Waals surface area contributed by atoms with Gasteiger partial charge in [-0.3, -0.25) is 9.48 Å². The SMILES string of the molecule is CCC(CCO)NC(=O)c1nn(CC)cc1N. The van der Waals surface area contributed by atoms with Gasteiger partial charge in [0, 0.05) is 25.4 Å². The van der Waals surface area contributed by atoms with Gasteiger partial charge in [0.15, 0.2) is 5.69 Å². The van der Waals surface area contributed by atoms with E-state index in [9.17, 15) is 4.79 Å². The number of carbonyl (C=O) groups excluding carboxylic acids is 1. The lowest BCUT2D eigenvalue weighted by atomic mass is 10.1. The molecule has 1 aromatic rings. The van der Waals surface area contributed by atoms with Crippen LogP contribution < -0.4 is 11.1 Å². The number of rotatable bonds is 6. The molecule has 4 N–H and O–H groups in total. The van der Waals surface area contributed by atoms with E-state index in [1.807, 2.05) is 13.8 Å². The molecule has 0 bridgehead atoms. The molecule has 0 radical (unpaired) electrons. The molecule has 0 spiro atoms. The quantitative estimate of drug-likeness (QED) is 0.670. The van der Waals surface area contributed by atoms with Gasteiger partial charge in [-0.25, -0.2) is 0 Å². The molecule has 0 saturated heterocycles. The molecule has 1 heterocycles. The second-order valence-electron chi connectivity index (χ2n) is 3.88. The summed E-state index contributed by atoms with van der Waals surface area (Å²) in [5, 5.41) is 15.8. The normalized spacial score (nSPS) is 12.4. The van der Waals surface area contributed by atoms with Gasteiger partial charge < -0.3 is 16.2 Å². The lowest BCUT2D eigenvalue weighted by molar-refractivity contribution is 0.0924. The number of aliphatic hydroxyl groups excluding tert-OH is 1. The molecule has 0 aromatic carbocycles. The molecule has 1 amide bonds. The van der Waals surface area contributed by atoms with Crippen molar-refractivity contribution in [2.75, 3.05) is 12.3 Å². The summed E-state index contributed by atoms with van der Waals surface area (Å²) in [4.78, 5) is 11.9. The first-order valence-corrected chi connectivity index (χ1v) is 5.87. The fourth-order valence-electron chi connectivity index (χ4n) is 1.56. The number of nitrogen functional groups attached to an aromatic ring is 1. The molecule has 6 nitrogen and oxygen atoms in total. The molecule has 0 aliphatic carbocycles. The first kappa shape index (κ1) is 13.5. The maximum atomic E-state index is 11.9. The van der Waals surface area contributed by atoms with E-state index in [-0.39, 0.29) is 24.2 Å². The van der Waals surface area contributed by atoms with Gasteiger partial charge in [-0.15, -0.1) is 0 Å². The third-order valence-electron chi connectivity index (χ3n) is 2.63. The molecule has 17 heavy (non-hydrogen) atoms. The smallest absolute Gasteiger partial charge is 0.274 e. The molecular formula is C11H20N4O2. The highest BCUT2D eigenvalue weighted by Gasteiger charge is 2.17. The van der Waals surface area contributed by atoms with Gasteiger partial charge in [-0.1, -0.05) is 6.92 Å². The highest BCUT2D eigenvalue weighted by molar-refractivity contribution is 5.97. The Morgan fingerprint density at radius 2 is 2.35 bits per heavy atom. The largest absolute Gasteiger partial charge is 0.396 e. The summed E-state index contributed by atoms with van der Waals surface area (Å²) in [6, 6.07) is -0.0429. The van der Waals surface area contributed by atoms with E-state index in [1.165, 1.54) is 0 Å². The van der Waals surface area contributed by atoms with Gasteiger partial charge in [-0.2, -0.15) is 5.10 Å². The Morgan fingerprint density at radius 1 is 1.65 bits per heavy atom. The average Bonchev–Trinajstić information content (AvgIpc) is 2.70. The number of aromatic nitrogens is 2. The Labute approximate surface area is 101 Å². The monoisotopic (exact) mass is 240 g/mol. The van der Waals surface area contributed by atoms with Crippen LogP contribution in [0.4, 0.5) is 5.69 Å². The van der Waals surface area contributed by atoms with Gasteiger partial charge >= 0.3 is 0 Å². The first-order chi connectivity index (χ1) is 8.12. The molecule has 0 fully saturated rings. The Kier molecular flexibility index (Phi) is 4.96. The Bertz CT molecular complexity index is 376. The predicted octanol–water partition coefficient (Wildman–Crippen LogP) is 0.376. The van der Waals surface area contributed by atoms with Crippen molar-refractivity contribution in [2.24, 2.45) is 0 Å². The number of hydrogen-bond donors (Lipinski definition) is 3. The lowest BCUT2D eigenvalue weighted by Gasteiger charge is -2.14. The maximum absolute atomic E-state index is 11.9. The molecule has 6 heteroatoms. The zero-order valence-electron chi connectivity index (χ0n) is 10.3. The number of aryl methyl sites for hydroxylation is 1. The molecule has 1 atom stereocenters. The Balaban J connectivity index is 2.71. The fourth-order valence-corrected chi connectivity index (χ4v) is 1.56. The van der Waals surface area contributed by atoms with E-state index in [0.29, 0.717) is 18.7 Å². The summed E-state index contributed by atoms with van der Waals surface area (Å²) in [7, 11) is 0. The van der Waals surface area contributed by atoms with Gasteiger partial charge in [0.25, 0.3) is 5.91 Å². The summed E-state index contributed by atoms with van der Waals surface area (Å²) in [6.45, 7) is 4.60. The van der Waals surface area contributed by atoms with E-state index >= 15 is 0 Å². The minimum atomic E-state index is -0.282. The number of nitrogens with two attached hydrogens (primary N) is 1. The van der Waals surface area contributed by atoms with Gasteiger partial charge in [0.05, 0.1) is 5.69 Å². The lowest BCUT2D eigenvalue weighted by Crippen LogP contribution is -2.35. The summed E-state index contributed by atoms with van der Waals surface area (Å²) in [6.07, 6.45) is 2.94. The van der Waals surface area contributed by atoms with Crippen LogP contribution in [-0.4, -0.2) is 33.4 Å². The highest BCUT2D eigenvalue weighted by Crippen LogP contribution is 2.09. The van der Waals surface area contributed by atoms with Gasteiger partial charge in [-0.05, 0) is 19.8 Å². The van der Waals surface area contributed by atoms with Crippen LogP contribution in [0.15, 0.2) is 6.20 Å². The third-order valence-corrected chi connectivity index (χ3v) is 2.63. The summed E-state index contributed by atoms with van der Waals surface area (Å²) in [5.74, 6) is -0.282. The van der Waals surface area contributed by atoms with Crippen molar-refractivity contribution in [3.63, 3.8) is 0 Å². The number of nitrogens with one attached hydrogen (secondary N) is 1. The topological polar surface area (TPSA) is 93.2 Å². The van der Waals surface area contributed by atoms with E-state index < -0.39 is 0 Å². The summed E-state index contributed by atoms with van der Waals surface area (Å²) >= 11 is 0. The molecule has 1 unspecified atom stereocenters. The second-order valence-corrected chi connectivity index (χ2v) is 3.88. The van der Waals surface area contributed by atoms with Crippen LogP contribution >= 0.6 is 0 Å². The van der Waals surface area contributed by atoms with Crippen LogP contribution in [0.2, 0.25) is 0 Å². The van der Waals surface area contributed by atoms with Crippen molar-refractivity contribution in [3.8, 4) is 0 Å². The maximum Gasteiger partial charge on any atom is 0.274 e. The standard InChI is InChI=1S/C11H20N4O2/c1-3-8(5-6-16)13-11(17)10-9(12)7-15(4-2)14-10/h7-8,16H,3-6,12H2,1-2H3,(H,13,17). The molecule has 1 rings (SSSR count). The predicted molar refractivity (Wildman–Crippen MR) is 65.6 cm³/mol. The fraction of sp³-hybridized carbons (Fsp3) is 0.636. The molecule has 0 saturated carbocycles. The Morgan fingerprint density at radius 3 is 2.82 bits per heavy atom. The van der Waals surface area contributed by atoms with Crippen molar-refractivity contribution in [2.45, 2.75) is 39.3 Å². The third kappa shape index (κ3) is 3.45. The van der Waals surface area contributed by atoms with E-state index in [1.54, 1.807) is 10.9 Å².